The van der Waals surface area contributed by atoms with Crippen LogP contribution >= 0.6 is 11.6 Å². The van der Waals surface area contributed by atoms with Crippen molar-refractivity contribution in [1.82, 2.24) is 4.72 Å². The average molecular weight is 345 g/mol. The van der Waals surface area contributed by atoms with Gasteiger partial charge in [0.1, 0.15) is 10.5 Å². The fraction of sp³-hybridized carbons (Fsp3) is 0.429. The van der Waals surface area contributed by atoms with Crippen LogP contribution in [-0.4, -0.2) is 26.5 Å². The third-order valence-electron chi connectivity index (χ3n) is 2.39. The molecule has 6 nitrogen and oxygen atoms in total. The van der Waals surface area contributed by atoms with Gasteiger partial charge in [-0.05, 0) is 39.0 Å². The molecule has 8 heteroatoms. The van der Waals surface area contributed by atoms with Crippen molar-refractivity contribution in [2.45, 2.75) is 37.7 Å². The molecular formula is C14H17ClN2O4S. The molecule has 0 bridgehead atoms. The van der Waals surface area contributed by atoms with Gasteiger partial charge in [0.25, 0.3) is 0 Å². The number of nitrogens with zero attached hydrogens (tertiary/aromatic N) is 1. The van der Waals surface area contributed by atoms with Crippen LogP contribution in [0.25, 0.3) is 0 Å². The lowest BCUT2D eigenvalue weighted by Crippen LogP contribution is -2.29. The van der Waals surface area contributed by atoms with E-state index < -0.39 is 21.6 Å². The maximum atomic E-state index is 12.1. The van der Waals surface area contributed by atoms with Gasteiger partial charge in [-0.15, -0.1) is 0 Å². The number of ether oxygens (including phenoxy) is 1. The van der Waals surface area contributed by atoms with Crippen LogP contribution in [0, 0.1) is 11.3 Å². The Bertz CT molecular complexity index is 703. The third-order valence-corrected chi connectivity index (χ3v) is 4.34. The minimum atomic E-state index is -3.85. The highest BCUT2D eigenvalue weighted by molar-refractivity contribution is 7.89. The number of nitrogens with one attached hydrogen (secondary N) is 1. The van der Waals surface area contributed by atoms with Crippen LogP contribution in [0.3, 0.4) is 0 Å². The fourth-order valence-corrected chi connectivity index (χ4v) is 3.12. The Hall–Kier alpha value is -1.62. The lowest BCUT2D eigenvalue weighted by Gasteiger charge is -2.19. The highest BCUT2D eigenvalue weighted by Crippen LogP contribution is 2.22. The lowest BCUT2D eigenvalue weighted by molar-refractivity contribution is -0.154. The van der Waals surface area contributed by atoms with E-state index >= 15 is 0 Å². The van der Waals surface area contributed by atoms with Crippen molar-refractivity contribution in [3.63, 3.8) is 0 Å². The van der Waals surface area contributed by atoms with Crippen LogP contribution in [0.1, 0.15) is 32.8 Å². The van der Waals surface area contributed by atoms with E-state index in [1.165, 1.54) is 18.2 Å². The summed E-state index contributed by atoms with van der Waals surface area (Å²) >= 11 is 5.86. The summed E-state index contributed by atoms with van der Waals surface area (Å²) < 4.78 is 31.5. The molecule has 1 aromatic carbocycles. The molecule has 0 aliphatic carbocycles. The molecule has 0 saturated heterocycles. The lowest BCUT2D eigenvalue weighted by atomic mass is 10.2. The highest BCUT2D eigenvalue weighted by atomic mass is 35.5. The van der Waals surface area contributed by atoms with Crippen LogP contribution in [-0.2, 0) is 19.6 Å². The molecule has 120 valence electrons. The Morgan fingerprint density at radius 2 is 2.05 bits per heavy atom. The average Bonchev–Trinajstić information content (AvgIpc) is 2.35. The standard InChI is InChI=1S/C14H17ClN2O4S/c1-14(2,3)21-13(18)6-7-17-22(19,20)12-5-4-10(9-16)8-11(12)15/h4-5,8,17H,6-7H2,1-3H3. The van der Waals surface area contributed by atoms with Crippen molar-refractivity contribution in [3.05, 3.63) is 28.8 Å². The van der Waals surface area contributed by atoms with Gasteiger partial charge in [-0.1, -0.05) is 11.6 Å². The maximum Gasteiger partial charge on any atom is 0.307 e. The molecule has 1 N–H and O–H groups in total. The zero-order chi connectivity index (χ0) is 17.0. The van der Waals surface area contributed by atoms with Gasteiger partial charge in [-0.2, -0.15) is 5.26 Å². The Balaban J connectivity index is 2.70. The van der Waals surface area contributed by atoms with Gasteiger partial charge in [0.05, 0.1) is 23.1 Å². The van der Waals surface area contributed by atoms with E-state index in [9.17, 15) is 13.2 Å². The molecule has 0 amide bonds. The van der Waals surface area contributed by atoms with Crippen molar-refractivity contribution >= 4 is 27.6 Å². The minimum Gasteiger partial charge on any atom is -0.460 e. The molecule has 0 radical (unpaired) electrons. The number of hydrogen-bond acceptors (Lipinski definition) is 5. The molecule has 0 heterocycles. The van der Waals surface area contributed by atoms with Gasteiger partial charge in [-0.3, -0.25) is 4.79 Å². The number of carbonyl (C=O) groups excluding carboxylic acids is 1. The Labute approximate surface area is 135 Å². The molecule has 1 rings (SSSR count). The van der Waals surface area contributed by atoms with E-state index in [0.717, 1.165) is 0 Å². The van der Waals surface area contributed by atoms with E-state index in [4.69, 9.17) is 21.6 Å². The maximum absolute atomic E-state index is 12.1. The Morgan fingerprint density at radius 1 is 1.41 bits per heavy atom. The molecule has 0 saturated carbocycles. The van der Waals surface area contributed by atoms with E-state index in [1.54, 1.807) is 20.8 Å². The van der Waals surface area contributed by atoms with Crippen molar-refractivity contribution in [3.8, 4) is 6.07 Å². The van der Waals surface area contributed by atoms with Crippen molar-refractivity contribution in [1.29, 1.82) is 5.26 Å². The molecule has 0 aliphatic heterocycles. The number of esters is 1. The SMILES string of the molecule is CC(C)(C)OC(=O)CCNS(=O)(=O)c1ccc(C#N)cc1Cl. The predicted octanol–water partition coefficient (Wildman–Crippen LogP) is 2.22. The van der Waals surface area contributed by atoms with Crippen molar-refractivity contribution < 1.29 is 17.9 Å². The molecule has 22 heavy (non-hydrogen) atoms. The van der Waals surface area contributed by atoms with Crippen LogP contribution in [0.15, 0.2) is 23.1 Å². The van der Waals surface area contributed by atoms with E-state index in [1.807, 2.05) is 6.07 Å². The molecule has 0 fully saturated rings. The third kappa shape index (κ3) is 5.64. The second kappa shape index (κ2) is 7.09. The summed E-state index contributed by atoms with van der Waals surface area (Å²) in [5.74, 6) is -0.499. The molecule has 0 aromatic heterocycles. The molecular weight excluding hydrogens is 328 g/mol. The monoisotopic (exact) mass is 344 g/mol. The number of benzene rings is 1. The first kappa shape index (κ1) is 18.4. The van der Waals surface area contributed by atoms with Gasteiger partial charge < -0.3 is 4.74 Å². The van der Waals surface area contributed by atoms with Gasteiger partial charge in [-0.25, -0.2) is 13.1 Å². The van der Waals surface area contributed by atoms with Crippen LogP contribution in [0.4, 0.5) is 0 Å². The molecule has 0 unspecified atom stereocenters. The summed E-state index contributed by atoms with van der Waals surface area (Å²) in [6.07, 6.45) is -0.0929. The topological polar surface area (TPSA) is 96.3 Å². The molecule has 0 atom stereocenters. The second-order valence-electron chi connectivity index (χ2n) is 5.49. The fourth-order valence-electron chi connectivity index (χ4n) is 1.55. The number of hydrogen-bond donors (Lipinski definition) is 1. The van der Waals surface area contributed by atoms with Gasteiger partial charge in [0.15, 0.2) is 0 Å². The molecule has 0 spiro atoms. The first-order valence-electron chi connectivity index (χ1n) is 6.46. The van der Waals surface area contributed by atoms with E-state index in [2.05, 4.69) is 4.72 Å². The number of rotatable bonds is 5. The quantitative estimate of drug-likeness (QED) is 0.826. The summed E-state index contributed by atoms with van der Waals surface area (Å²) in [6.45, 7) is 5.08. The largest absolute Gasteiger partial charge is 0.460 e. The molecule has 1 aromatic rings. The number of halogens is 1. The molecule has 0 aliphatic rings. The first-order valence-corrected chi connectivity index (χ1v) is 8.32. The summed E-state index contributed by atoms with van der Waals surface area (Å²) in [4.78, 5) is 11.4. The van der Waals surface area contributed by atoms with Crippen molar-refractivity contribution in [2.75, 3.05) is 6.54 Å². The van der Waals surface area contributed by atoms with Crippen LogP contribution in [0.5, 0.6) is 0 Å². The summed E-state index contributed by atoms with van der Waals surface area (Å²) in [5, 5.41) is 8.67. The Morgan fingerprint density at radius 3 is 2.55 bits per heavy atom. The summed E-state index contributed by atoms with van der Waals surface area (Å²) in [5.41, 5.74) is -0.357. The Kier molecular flexibility index (Phi) is 5.94. The predicted molar refractivity (Wildman–Crippen MR) is 81.8 cm³/mol. The zero-order valence-corrected chi connectivity index (χ0v) is 14.1. The number of carbonyl (C=O) groups is 1. The highest BCUT2D eigenvalue weighted by Gasteiger charge is 2.20. The summed E-state index contributed by atoms with van der Waals surface area (Å²) in [6, 6.07) is 5.74. The minimum absolute atomic E-state index is 0.0520. The first-order chi connectivity index (χ1) is 10.0. The van der Waals surface area contributed by atoms with E-state index in [-0.39, 0.29) is 28.4 Å². The van der Waals surface area contributed by atoms with Gasteiger partial charge >= 0.3 is 5.97 Å². The summed E-state index contributed by atoms with van der Waals surface area (Å²) in [7, 11) is -3.85. The van der Waals surface area contributed by atoms with Gasteiger partial charge in [0, 0.05) is 6.54 Å². The second-order valence-corrected chi connectivity index (χ2v) is 7.63. The zero-order valence-electron chi connectivity index (χ0n) is 12.5. The van der Waals surface area contributed by atoms with Crippen LogP contribution in [0.2, 0.25) is 5.02 Å². The van der Waals surface area contributed by atoms with E-state index in [0.29, 0.717) is 0 Å². The number of nitriles is 1. The van der Waals surface area contributed by atoms with Gasteiger partial charge in [0.2, 0.25) is 10.0 Å². The normalized spacial score (nSPS) is 11.8. The van der Waals surface area contributed by atoms with Crippen molar-refractivity contribution in [2.24, 2.45) is 0 Å². The smallest absolute Gasteiger partial charge is 0.307 e. The number of sulfonamides is 1. The van der Waals surface area contributed by atoms with Crippen LogP contribution < -0.4 is 4.72 Å².